The summed E-state index contributed by atoms with van der Waals surface area (Å²) in [6, 6.07) is 0. The summed E-state index contributed by atoms with van der Waals surface area (Å²) < 4.78 is 8.88. The van der Waals surface area contributed by atoms with E-state index in [1.165, 1.54) is 212 Å². The van der Waals surface area contributed by atoms with Gasteiger partial charge in [0.2, 0.25) is 0 Å². The van der Waals surface area contributed by atoms with Gasteiger partial charge >= 0.3 is 7.82 Å². The Kier molecular flexibility index (Phi) is 60.4. The lowest BCUT2D eigenvalue weighted by atomic mass is 10.1. The molecule has 0 spiro atoms. The van der Waals surface area contributed by atoms with Crippen LogP contribution in [-0.4, -0.2) is 34.3 Å². The van der Waals surface area contributed by atoms with Crippen molar-refractivity contribution in [3.63, 3.8) is 0 Å². The lowest BCUT2D eigenvalue weighted by Gasteiger charge is -2.01. The molecular formula is C39H90N3O4P. The van der Waals surface area contributed by atoms with Crippen molar-refractivity contribution in [1.29, 1.82) is 0 Å². The molecule has 0 rings (SSSR count). The third-order valence-electron chi connectivity index (χ3n) is 8.42. The third kappa shape index (κ3) is 81.8. The van der Waals surface area contributed by atoms with E-state index in [2.05, 4.69) is 20.8 Å². The molecule has 8 heteroatoms. The number of rotatable bonds is 33. The molecule has 0 bridgehead atoms. The van der Waals surface area contributed by atoms with E-state index >= 15 is 0 Å². The van der Waals surface area contributed by atoms with Crippen molar-refractivity contribution in [2.75, 3.05) is 19.6 Å². The molecule has 0 unspecified atom stereocenters. The van der Waals surface area contributed by atoms with Gasteiger partial charge in [-0.05, 0) is 38.9 Å². The Bertz CT molecular complexity index is 437. The minimum absolute atomic E-state index is 0.872. The summed E-state index contributed by atoms with van der Waals surface area (Å²) in [5.41, 5.74) is 16.3. The van der Waals surface area contributed by atoms with Crippen LogP contribution in [0, 0.1) is 0 Å². The van der Waals surface area contributed by atoms with Gasteiger partial charge in [-0.15, -0.1) is 0 Å². The van der Waals surface area contributed by atoms with Crippen molar-refractivity contribution in [3.8, 4) is 0 Å². The third-order valence-corrected chi connectivity index (χ3v) is 8.42. The van der Waals surface area contributed by atoms with Crippen molar-refractivity contribution >= 4 is 7.82 Å². The van der Waals surface area contributed by atoms with Gasteiger partial charge < -0.3 is 31.9 Å². The van der Waals surface area contributed by atoms with Crippen molar-refractivity contribution in [2.45, 2.75) is 233 Å². The highest BCUT2D eigenvalue weighted by atomic mass is 31.2. The normalized spacial score (nSPS) is 10.8. The van der Waals surface area contributed by atoms with Gasteiger partial charge in [0.15, 0.2) is 0 Å². The molecule has 9 N–H and O–H groups in total. The average molecular weight is 696 g/mol. The molecule has 0 amide bonds. The molecule has 0 aromatic rings. The first-order valence-electron chi connectivity index (χ1n) is 20.6. The topological polar surface area (TPSA) is 156 Å². The smallest absolute Gasteiger partial charge is 0.330 e. The predicted octanol–water partition coefficient (Wildman–Crippen LogP) is 11.8. The van der Waals surface area contributed by atoms with Crippen LogP contribution < -0.4 is 17.2 Å². The molecule has 0 saturated carbocycles. The Morgan fingerprint density at radius 1 is 0.298 bits per heavy atom. The van der Waals surface area contributed by atoms with Crippen molar-refractivity contribution < 1.29 is 19.2 Å². The Morgan fingerprint density at radius 3 is 0.511 bits per heavy atom. The van der Waals surface area contributed by atoms with Crippen LogP contribution in [0.4, 0.5) is 0 Å². The second-order valence-corrected chi connectivity index (χ2v) is 14.5. The van der Waals surface area contributed by atoms with Crippen molar-refractivity contribution in [1.82, 2.24) is 0 Å². The average Bonchev–Trinajstić information content (AvgIpc) is 3.04. The molecule has 0 aliphatic rings. The molecule has 0 saturated heterocycles. The van der Waals surface area contributed by atoms with Gasteiger partial charge in [0.1, 0.15) is 0 Å². The van der Waals surface area contributed by atoms with E-state index in [4.69, 9.17) is 36.4 Å². The first-order valence-corrected chi connectivity index (χ1v) is 22.2. The molecule has 0 atom stereocenters. The highest BCUT2D eigenvalue weighted by Gasteiger charge is 2.00. The molecule has 7 nitrogen and oxygen atoms in total. The summed E-state index contributed by atoms with van der Waals surface area (Å²) in [5.74, 6) is 0. The Morgan fingerprint density at radius 2 is 0.404 bits per heavy atom. The second-order valence-electron chi connectivity index (χ2n) is 13.5. The molecule has 47 heavy (non-hydrogen) atoms. The standard InChI is InChI=1S/3C13H29N.H3O4P/c3*1-2-3-4-5-6-7-8-9-10-11-12-13-14;1-5(2,3)4/h3*2-14H2,1H3;(H3,1,2,3,4). The van der Waals surface area contributed by atoms with E-state index in [1.807, 2.05) is 0 Å². The Balaban J connectivity index is -0.000000275. The van der Waals surface area contributed by atoms with Crippen molar-refractivity contribution in [2.24, 2.45) is 17.2 Å². The van der Waals surface area contributed by atoms with Gasteiger partial charge in [-0.1, -0.05) is 213 Å². The van der Waals surface area contributed by atoms with E-state index in [0.29, 0.717) is 0 Å². The van der Waals surface area contributed by atoms with Crippen LogP contribution in [-0.2, 0) is 4.57 Å². The first-order chi connectivity index (χ1) is 22.7. The molecular weight excluding hydrogens is 605 g/mol. The van der Waals surface area contributed by atoms with E-state index < -0.39 is 7.82 Å². The maximum Gasteiger partial charge on any atom is 0.466 e. The Hall–Kier alpha value is -0.0100. The van der Waals surface area contributed by atoms with Crippen LogP contribution in [0.3, 0.4) is 0 Å². The monoisotopic (exact) mass is 696 g/mol. The number of phosphoric acid groups is 1. The van der Waals surface area contributed by atoms with E-state index in [-0.39, 0.29) is 0 Å². The zero-order valence-corrected chi connectivity index (χ0v) is 33.3. The summed E-state index contributed by atoms with van der Waals surface area (Å²) in [4.78, 5) is 21.6. The lowest BCUT2D eigenvalue weighted by Crippen LogP contribution is -1.97. The summed E-state index contributed by atoms with van der Waals surface area (Å²) in [6.45, 7) is 9.44. The molecule has 0 fully saturated rings. The summed E-state index contributed by atoms with van der Waals surface area (Å²) in [5, 5.41) is 0. The molecule has 0 aromatic carbocycles. The van der Waals surface area contributed by atoms with Crippen LogP contribution in [0.5, 0.6) is 0 Å². The van der Waals surface area contributed by atoms with Gasteiger partial charge in [0, 0.05) is 0 Å². The zero-order valence-electron chi connectivity index (χ0n) is 32.4. The second kappa shape index (κ2) is 52.8. The van der Waals surface area contributed by atoms with Gasteiger partial charge in [-0.3, -0.25) is 0 Å². The highest BCUT2D eigenvalue weighted by Crippen LogP contribution is 2.25. The fourth-order valence-corrected chi connectivity index (χ4v) is 5.43. The van der Waals surface area contributed by atoms with Gasteiger partial charge in [-0.2, -0.15) is 0 Å². The largest absolute Gasteiger partial charge is 0.466 e. The van der Waals surface area contributed by atoms with Crippen LogP contribution in [0.2, 0.25) is 0 Å². The maximum atomic E-state index is 8.88. The van der Waals surface area contributed by atoms with Crippen LogP contribution in [0.15, 0.2) is 0 Å². The molecule has 0 aliphatic heterocycles. The van der Waals surface area contributed by atoms with Gasteiger partial charge in [0.25, 0.3) is 0 Å². The molecule has 0 heterocycles. The van der Waals surface area contributed by atoms with Gasteiger partial charge in [0.05, 0.1) is 0 Å². The highest BCUT2D eigenvalue weighted by molar-refractivity contribution is 7.45. The first kappa shape index (κ1) is 53.8. The number of hydrogen-bond donors (Lipinski definition) is 6. The van der Waals surface area contributed by atoms with E-state index in [0.717, 1.165) is 19.6 Å². The van der Waals surface area contributed by atoms with Crippen LogP contribution in [0.25, 0.3) is 0 Å². The predicted molar refractivity (Wildman–Crippen MR) is 211 cm³/mol. The zero-order chi connectivity index (χ0) is 36.0. The number of hydrogen-bond acceptors (Lipinski definition) is 4. The summed E-state index contributed by atoms with van der Waals surface area (Å²) >= 11 is 0. The van der Waals surface area contributed by atoms with E-state index in [1.54, 1.807) is 0 Å². The number of unbranched alkanes of at least 4 members (excludes halogenated alkanes) is 30. The maximum absolute atomic E-state index is 8.88. The van der Waals surface area contributed by atoms with Crippen LogP contribution >= 0.6 is 7.82 Å². The van der Waals surface area contributed by atoms with E-state index in [9.17, 15) is 0 Å². The van der Waals surface area contributed by atoms with Crippen molar-refractivity contribution in [3.05, 3.63) is 0 Å². The summed E-state index contributed by atoms with van der Waals surface area (Å²) in [6.07, 6.45) is 46.2. The SMILES string of the molecule is CCCCCCCCCCCCCN.CCCCCCCCCCCCCN.CCCCCCCCCCCCCN.O=P(O)(O)O. The van der Waals surface area contributed by atoms with Crippen LogP contribution in [0.1, 0.15) is 233 Å². The molecule has 0 aliphatic carbocycles. The quantitative estimate of drug-likeness (QED) is 0.0295. The fraction of sp³-hybridized carbons (Fsp3) is 1.00. The molecule has 290 valence electrons. The fourth-order valence-electron chi connectivity index (χ4n) is 5.43. The lowest BCUT2D eigenvalue weighted by molar-refractivity contribution is 0.275. The Labute approximate surface area is 296 Å². The van der Waals surface area contributed by atoms with Gasteiger partial charge in [-0.25, -0.2) is 4.57 Å². The minimum Gasteiger partial charge on any atom is -0.330 e. The summed E-state index contributed by atoms with van der Waals surface area (Å²) in [7, 11) is -4.64. The number of nitrogens with two attached hydrogens (primary N) is 3. The molecule has 0 aromatic heterocycles. The molecule has 0 radical (unpaired) electrons. The minimum atomic E-state index is -4.64.